The number of benzene rings is 1. The van der Waals surface area contributed by atoms with E-state index in [1.54, 1.807) is 6.07 Å². The lowest BCUT2D eigenvalue weighted by molar-refractivity contribution is 0.623. The van der Waals surface area contributed by atoms with E-state index in [4.69, 9.17) is 5.73 Å². The van der Waals surface area contributed by atoms with Crippen molar-refractivity contribution in [3.05, 3.63) is 28.7 Å². The number of fused-ring (bicyclic) bond motifs is 1. The Labute approximate surface area is 81.9 Å². The van der Waals surface area contributed by atoms with Gasteiger partial charge in [-0.1, -0.05) is 0 Å². The Morgan fingerprint density at radius 3 is 2.85 bits per heavy atom. The van der Waals surface area contributed by atoms with Gasteiger partial charge in [0.15, 0.2) is 0 Å². The second-order valence-electron chi connectivity index (χ2n) is 2.52. The van der Waals surface area contributed by atoms with E-state index in [2.05, 4.69) is 25.9 Å². The molecule has 2 aromatic rings. The van der Waals surface area contributed by atoms with E-state index < -0.39 is 0 Å². The number of rotatable bonds is 0. The number of nitrogen functional groups attached to an aromatic ring is 1. The highest BCUT2D eigenvalue weighted by molar-refractivity contribution is 9.10. The van der Waals surface area contributed by atoms with Gasteiger partial charge >= 0.3 is 0 Å². The molecule has 0 unspecified atom stereocenters. The lowest BCUT2D eigenvalue weighted by Crippen LogP contribution is -1.94. The van der Waals surface area contributed by atoms with Crippen LogP contribution in [0.2, 0.25) is 0 Å². The summed E-state index contributed by atoms with van der Waals surface area (Å²) in [6.45, 7) is 0. The maximum atomic E-state index is 13.0. The topological polar surface area (TPSA) is 51.8 Å². The molecule has 0 aliphatic rings. The van der Waals surface area contributed by atoms with E-state index in [9.17, 15) is 4.39 Å². The van der Waals surface area contributed by atoms with Gasteiger partial charge in [0.05, 0.1) is 9.99 Å². The zero-order valence-corrected chi connectivity index (χ0v) is 8.05. The number of hydrogen-bond donors (Lipinski definition) is 1. The van der Waals surface area contributed by atoms with Crippen LogP contribution in [0.15, 0.2) is 22.9 Å². The van der Waals surface area contributed by atoms with Gasteiger partial charge in [-0.15, -0.1) is 0 Å². The molecule has 0 radical (unpaired) electrons. The summed E-state index contributed by atoms with van der Waals surface area (Å²) in [4.78, 5) is 7.73. The number of anilines is 1. The molecule has 3 nitrogen and oxygen atoms in total. The minimum absolute atomic E-state index is 0.319. The molecule has 0 aliphatic heterocycles. The summed E-state index contributed by atoms with van der Waals surface area (Å²) in [5, 5.41) is 0.649. The van der Waals surface area contributed by atoms with Crippen LogP contribution >= 0.6 is 15.9 Å². The first-order valence-corrected chi connectivity index (χ1v) is 4.33. The molecule has 0 bridgehead atoms. The number of hydrogen-bond acceptors (Lipinski definition) is 3. The van der Waals surface area contributed by atoms with Gasteiger partial charge in [0, 0.05) is 5.39 Å². The highest BCUT2D eigenvalue weighted by Crippen LogP contribution is 2.26. The van der Waals surface area contributed by atoms with Crippen molar-refractivity contribution in [1.82, 2.24) is 9.97 Å². The zero-order valence-electron chi connectivity index (χ0n) is 6.46. The van der Waals surface area contributed by atoms with E-state index in [0.29, 0.717) is 21.2 Å². The molecule has 0 fully saturated rings. The van der Waals surface area contributed by atoms with E-state index in [1.807, 2.05) is 0 Å². The first kappa shape index (κ1) is 8.37. The van der Waals surface area contributed by atoms with Crippen LogP contribution < -0.4 is 5.73 Å². The Kier molecular flexibility index (Phi) is 1.88. The monoisotopic (exact) mass is 241 g/mol. The number of nitrogens with zero attached hydrogens (tertiary/aromatic N) is 2. The highest BCUT2D eigenvalue weighted by Gasteiger charge is 2.07. The summed E-state index contributed by atoms with van der Waals surface area (Å²) >= 11 is 3.09. The van der Waals surface area contributed by atoms with Gasteiger partial charge < -0.3 is 5.73 Å². The average molecular weight is 242 g/mol. The first-order chi connectivity index (χ1) is 6.20. The van der Waals surface area contributed by atoms with Crippen molar-refractivity contribution in [2.45, 2.75) is 0 Å². The van der Waals surface area contributed by atoms with Crippen LogP contribution in [0.1, 0.15) is 0 Å². The molecule has 0 amide bonds. The third-order valence-corrected chi connectivity index (χ3v) is 2.48. The maximum absolute atomic E-state index is 13.0. The summed E-state index contributed by atoms with van der Waals surface area (Å²) in [7, 11) is 0. The van der Waals surface area contributed by atoms with Crippen LogP contribution in [-0.2, 0) is 0 Å². The van der Waals surface area contributed by atoms with Crippen LogP contribution in [0.25, 0.3) is 10.9 Å². The molecule has 0 saturated carbocycles. The van der Waals surface area contributed by atoms with Crippen LogP contribution in [0.4, 0.5) is 10.2 Å². The lowest BCUT2D eigenvalue weighted by atomic mass is 10.2. The summed E-state index contributed by atoms with van der Waals surface area (Å²) < 4.78 is 13.4. The largest absolute Gasteiger partial charge is 0.383 e. The Morgan fingerprint density at radius 2 is 2.08 bits per heavy atom. The fourth-order valence-corrected chi connectivity index (χ4v) is 1.54. The van der Waals surface area contributed by atoms with E-state index in [1.165, 1.54) is 12.4 Å². The van der Waals surface area contributed by atoms with Gasteiger partial charge in [0.25, 0.3) is 0 Å². The molecule has 66 valence electrons. The van der Waals surface area contributed by atoms with Crippen LogP contribution in [0, 0.1) is 5.82 Å². The third-order valence-electron chi connectivity index (χ3n) is 1.73. The van der Waals surface area contributed by atoms with E-state index in [-0.39, 0.29) is 5.82 Å². The SMILES string of the molecule is Nc1ncnc2c(Br)c(F)ccc12. The van der Waals surface area contributed by atoms with Gasteiger partial charge in [-0.25, -0.2) is 14.4 Å². The summed E-state index contributed by atoms with van der Waals surface area (Å²) in [6.07, 6.45) is 1.31. The predicted molar refractivity (Wildman–Crippen MR) is 51.6 cm³/mol. The molecule has 0 aliphatic carbocycles. The molecule has 2 rings (SSSR count). The lowest BCUT2D eigenvalue weighted by Gasteiger charge is -2.01. The molecule has 1 aromatic carbocycles. The van der Waals surface area contributed by atoms with Gasteiger partial charge in [-0.3, -0.25) is 0 Å². The van der Waals surface area contributed by atoms with Crippen molar-refractivity contribution in [2.24, 2.45) is 0 Å². The molecule has 0 saturated heterocycles. The van der Waals surface area contributed by atoms with Gasteiger partial charge in [0.2, 0.25) is 0 Å². The molecule has 1 heterocycles. The summed E-state index contributed by atoms with van der Waals surface area (Å²) in [6, 6.07) is 2.89. The Bertz CT molecular complexity index is 472. The Hall–Kier alpha value is -1.23. The van der Waals surface area contributed by atoms with Crippen molar-refractivity contribution < 1.29 is 4.39 Å². The second-order valence-corrected chi connectivity index (χ2v) is 3.31. The molecule has 0 spiro atoms. The fraction of sp³-hybridized carbons (Fsp3) is 0. The zero-order chi connectivity index (χ0) is 9.42. The maximum Gasteiger partial charge on any atom is 0.139 e. The van der Waals surface area contributed by atoms with Crippen LogP contribution in [-0.4, -0.2) is 9.97 Å². The standard InChI is InChI=1S/C8H5BrFN3/c9-6-5(10)2-1-4-7(6)12-3-13-8(4)11/h1-3H,(H2,11,12,13). The van der Waals surface area contributed by atoms with E-state index >= 15 is 0 Å². The first-order valence-electron chi connectivity index (χ1n) is 3.54. The van der Waals surface area contributed by atoms with Crippen molar-refractivity contribution in [1.29, 1.82) is 0 Å². The minimum atomic E-state index is -0.356. The third kappa shape index (κ3) is 1.25. The average Bonchev–Trinajstić information content (AvgIpc) is 2.12. The molecule has 0 atom stereocenters. The minimum Gasteiger partial charge on any atom is -0.383 e. The fourth-order valence-electron chi connectivity index (χ4n) is 1.09. The predicted octanol–water partition coefficient (Wildman–Crippen LogP) is 2.11. The van der Waals surface area contributed by atoms with Crippen molar-refractivity contribution in [2.75, 3.05) is 5.73 Å². The van der Waals surface area contributed by atoms with E-state index in [0.717, 1.165) is 0 Å². The van der Waals surface area contributed by atoms with Gasteiger partial charge in [-0.05, 0) is 28.1 Å². The molecular formula is C8H5BrFN3. The number of halogens is 2. The Balaban J connectivity index is 2.94. The van der Waals surface area contributed by atoms with Crippen LogP contribution in [0.5, 0.6) is 0 Å². The van der Waals surface area contributed by atoms with Crippen molar-refractivity contribution in [3.63, 3.8) is 0 Å². The Morgan fingerprint density at radius 1 is 1.31 bits per heavy atom. The molecule has 13 heavy (non-hydrogen) atoms. The molecule has 2 N–H and O–H groups in total. The summed E-state index contributed by atoms with van der Waals surface area (Å²) in [5.41, 5.74) is 6.07. The van der Waals surface area contributed by atoms with Gasteiger partial charge in [0.1, 0.15) is 18.0 Å². The number of aromatic nitrogens is 2. The molecule has 1 aromatic heterocycles. The second kappa shape index (κ2) is 2.92. The van der Waals surface area contributed by atoms with Crippen LogP contribution in [0.3, 0.4) is 0 Å². The quantitative estimate of drug-likeness (QED) is 0.769. The normalized spacial score (nSPS) is 10.6. The molecular weight excluding hydrogens is 237 g/mol. The number of nitrogens with two attached hydrogens (primary N) is 1. The van der Waals surface area contributed by atoms with Crippen molar-refractivity contribution in [3.8, 4) is 0 Å². The smallest absolute Gasteiger partial charge is 0.139 e. The highest BCUT2D eigenvalue weighted by atomic mass is 79.9. The van der Waals surface area contributed by atoms with Gasteiger partial charge in [-0.2, -0.15) is 0 Å². The molecule has 5 heteroatoms. The summed E-state index contributed by atoms with van der Waals surface area (Å²) in [5.74, 6) is -0.00343. The van der Waals surface area contributed by atoms with Crippen molar-refractivity contribution >= 4 is 32.7 Å².